The van der Waals surface area contributed by atoms with Gasteiger partial charge in [0.15, 0.2) is 0 Å². The molecule has 1 aromatic heterocycles. The van der Waals surface area contributed by atoms with E-state index in [-0.39, 0.29) is 17.1 Å². The lowest BCUT2D eigenvalue weighted by Gasteiger charge is -2.06. The van der Waals surface area contributed by atoms with Crippen molar-refractivity contribution < 1.29 is 13.3 Å². The summed E-state index contributed by atoms with van der Waals surface area (Å²) in [6, 6.07) is 7.51. The van der Waals surface area contributed by atoms with Gasteiger partial charge in [-0.1, -0.05) is 12.1 Å². The van der Waals surface area contributed by atoms with E-state index in [9.17, 15) is 18.5 Å². The first-order valence-corrected chi connectivity index (χ1v) is 8.39. The lowest BCUT2D eigenvalue weighted by molar-refractivity contribution is -0.384. The molecule has 0 fully saturated rings. The van der Waals surface area contributed by atoms with Gasteiger partial charge >= 0.3 is 0 Å². The van der Waals surface area contributed by atoms with Gasteiger partial charge in [-0.2, -0.15) is 0 Å². The van der Waals surface area contributed by atoms with Crippen LogP contribution in [0.5, 0.6) is 0 Å². The highest BCUT2D eigenvalue weighted by atomic mass is 32.2. The number of non-ortho nitro benzene ring substituents is 1. The number of nitrogens with zero attached hydrogens (tertiary/aromatic N) is 1. The second kappa shape index (κ2) is 5.92. The van der Waals surface area contributed by atoms with Gasteiger partial charge in [0, 0.05) is 28.4 Å². The second-order valence-electron chi connectivity index (χ2n) is 4.53. The summed E-state index contributed by atoms with van der Waals surface area (Å²) in [6.45, 7) is 3.61. The lowest BCUT2D eigenvalue weighted by atomic mass is 10.2. The molecule has 0 aliphatic carbocycles. The van der Waals surface area contributed by atoms with E-state index in [1.54, 1.807) is 19.1 Å². The molecule has 1 N–H and O–H groups in total. The standard InChI is InChI=1S/C13H14N2O4S2/c1-9-6-13(10(2)20-9)21(18,19)14-8-11-4-3-5-12(7-11)15(16)17/h3-7,14H,8H2,1-2H3. The van der Waals surface area contributed by atoms with Crippen LogP contribution in [0, 0.1) is 24.0 Å². The van der Waals surface area contributed by atoms with E-state index in [4.69, 9.17) is 0 Å². The normalized spacial score (nSPS) is 11.5. The average Bonchev–Trinajstić information content (AvgIpc) is 2.77. The lowest BCUT2D eigenvalue weighted by Crippen LogP contribution is -2.23. The molecule has 0 radical (unpaired) electrons. The Bertz CT molecular complexity index is 781. The summed E-state index contributed by atoms with van der Waals surface area (Å²) >= 11 is 1.42. The first kappa shape index (κ1) is 15.6. The van der Waals surface area contributed by atoms with Gasteiger partial charge in [-0.3, -0.25) is 10.1 Å². The molecule has 112 valence electrons. The minimum atomic E-state index is -3.61. The summed E-state index contributed by atoms with van der Waals surface area (Å²) < 4.78 is 26.9. The van der Waals surface area contributed by atoms with Crippen molar-refractivity contribution in [2.75, 3.05) is 0 Å². The molecule has 1 aromatic carbocycles. The van der Waals surface area contributed by atoms with Crippen molar-refractivity contribution in [3.05, 3.63) is 55.8 Å². The van der Waals surface area contributed by atoms with Gasteiger partial charge < -0.3 is 0 Å². The molecule has 0 spiro atoms. The van der Waals surface area contributed by atoms with E-state index >= 15 is 0 Å². The number of hydrogen-bond acceptors (Lipinski definition) is 5. The van der Waals surface area contributed by atoms with E-state index in [0.717, 1.165) is 9.75 Å². The molecule has 0 aliphatic rings. The van der Waals surface area contributed by atoms with Crippen LogP contribution in [-0.4, -0.2) is 13.3 Å². The predicted octanol–water partition coefficient (Wildman–Crippen LogP) is 2.75. The number of nitrogens with one attached hydrogen (secondary N) is 1. The van der Waals surface area contributed by atoms with Crippen LogP contribution < -0.4 is 4.72 Å². The molecule has 8 heteroatoms. The number of thiophene rings is 1. The maximum Gasteiger partial charge on any atom is 0.269 e. The maximum absolute atomic E-state index is 12.2. The molecule has 0 amide bonds. The van der Waals surface area contributed by atoms with Crippen molar-refractivity contribution in [2.24, 2.45) is 0 Å². The zero-order valence-electron chi connectivity index (χ0n) is 11.5. The Morgan fingerprint density at radius 3 is 2.57 bits per heavy atom. The van der Waals surface area contributed by atoms with Crippen LogP contribution in [-0.2, 0) is 16.6 Å². The number of sulfonamides is 1. The van der Waals surface area contributed by atoms with Crippen LogP contribution in [0.4, 0.5) is 5.69 Å². The summed E-state index contributed by atoms with van der Waals surface area (Å²) in [5, 5.41) is 10.7. The number of nitro groups is 1. The van der Waals surface area contributed by atoms with Crippen molar-refractivity contribution in [3.63, 3.8) is 0 Å². The van der Waals surface area contributed by atoms with Crippen LogP contribution in [0.3, 0.4) is 0 Å². The fourth-order valence-corrected chi connectivity index (χ4v) is 4.48. The van der Waals surface area contributed by atoms with Gasteiger partial charge in [0.05, 0.1) is 9.82 Å². The first-order chi connectivity index (χ1) is 9.79. The number of rotatable bonds is 5. The van der Waals surface area contributed by atoms with E-state index in [0.29, 0.717) is 5.56 Å². The molecule has 2 aromatic rings. The third-order valence-electron chi connectivity index (χ3n) is 2.87. The van der Waals surface area contributed by atoms with E-state index in [1.165, 1.54) is 29.5 Å². The number of hydrogen-bond donors (Lipinski definition) is 1. The minimum absolute atomic E-state index is 0.0122. The second-order valence-corrected chi connectivity index (χ2v) is 7.72. The Kier molecular flexibility index (Phi) is 4.40. The van der Waals surface area contributed by atoms with Gasteiger partial charge in [-0.15, -0.1) is 11.3 Å². The predicted molar refractivity (Wildman–Crippen MR) is 80.9 cm³/mol. The van der Waals surface area contributed by atoms with Crippen LogP contribution in [0.1, 0.15) is 15.3 Å². The van der Waals surface area contributed by atoms with Crippen LogP contribution >= 0.6 is 11.3 Å². The van der Waals surface area contributed by atoms with E-state index in [2.05, 4.69) is 4.72 Å². The molecule has 0 saturated carbocycles. The third kappa shape index (κ3) is 3.66. The highest BCUT2D eigenvalue weighted by Gasteiger charge is 2.19. The molecule has 1 heterocycles. The van der Waals surface area contributed by atoms with Gasteiger partial charge in [0.1, 0.15) is 0 Å². The molecule has 0 bridgehead atoms. The third-order valence-corrected chi connectivity index (χ3v) is 5.50. The Morgan fingerprint density at radius 1 is 1.29 bits per heavy atom. The summed E-state index contributed by atoms with van der Waals surface area (Å²) in [6.07, 6.45) is 0. The fraction of sp³-hybridized carbons (Fsp3) is 0.231. The zero-order chi connectivity index (χ0) is 15.6. The van der Waals surface area contributed by atoms with Gasteiger partial charge in [-0.05, 0) is 25.5 Å². The molecule has 0 atom stereocenters. The molecule has 0 saturated heterocycles. The summed E-state index contributed by atoms with van der Waals surface area (Å²) in [5.74, 6) is 0. The highest BCUT2D eigenvalue weighted by molar-refractivity contribution is 7.89. The maximum atomic E-state index is 12.2. The molecule has 0 aliphatic heterocycles. The van der Waals surface area contributed by atoms with Gasteiger partial charge in [0.25, 0.3) is 5.69 Å². The number of benzene rings is 1. The number of nitro benzene ring substituents is 1. The topological polar surface area (TPSA) is 89.3 Å². The van der Waals surface area contributed by atoms with Crippen molar-refractivity contribution in [1.29, 1.82) is 0 Å². The zero-order valence-corrected chi connectivity index (χ0v) is 13.1. The summed E-state index contributed by atoms with van der Waals surface area (Å²) in [5.41, 5.74) is 0.478. The van der Waals surface area contributed by atoms with Crippen LogP contribution in [0.2, 0.25) is 0 Å². The van der Waals surface area contributed by atoms with Crippen LogP contribution in [0.25, 0.3) is 0 Å². The smallest absolute Gasteiger partial charge is 0.258 e. The quantitative estimate of drug-likeness (QED) is 0.676. The van der Waals surface area contributed by atoms with Crippen molar-refractivity contribution in [2.45, 2.75) is 25.3 Å². The Balaban J connectivity index is 2.17. The average molecular weight is 326 g/mol. The molecular weight excluding hydrogens is 312 g/mol. The van der Waals surface area contributed by atoms with Crippen LogP contribution in [0.15, 0.2) is 35.2 Å². The van der Waals surface area contributed by atoms with E-state index < -0.39 is 14.9 Å². The van der Waals surface area contributed by atoms with Gasteiger partial charge in [-0.25, -0.2) is 13.1 Å². The Morgan fingerprint density at radius 2 is 2.00 bits per heavy atom. The van der Waals surface area contributed by atoms with Crippen molar-refractivity contribution in [1.82, 2.24) is 4.72 Å². The largest absolute Gasteiger partial charge is 0.269 e. The summed E-state index contributed by atoms with van der Waals surface area (Å²) in [4.78, 5) is 12.1. The van der Waals surface area contributed by atoms with Crippen molar-refractivity contribution >= 4 is 27.0 Å². The highest BCUT2D eigenvalue weighted by Crippen LogP contribution is 2.25. The molecule has 2 rings (SSSR count). The Labute approximate surface area is 126 Å². The monoisotopic (exact) mass is 326 g/mol. The summed E-state index contributed by atoms with van der Waals surface area (Å²) in [7, 11) is -3.61. The minimum Gasteiger partial charge on any atom is -0.258 e. The number of aryl methyl sites for hydroxylation is 2. The molecule has 21 heavy (non-hydrogen) atoms. The van der Waals surface area contributed by atoms with Gasteiger partial charge in [0.2, 0.25) is 10.0 Å². The first-order valence-electron chi connectivity index (χ1n) is 6.09. The molecule has 6 nitrogen and oxygen atoms in total. The fourth-order valence-electron chi connectivity index (χ4n) is 1.91. The molecular formula is C13H14N2O4S2. The molecule has 0 unspecified atom stereocenters. The SMILES string of the molecule is Cc1cc(S(=O)(=O)NCc2cccc([N+](=O)[O-])c2)c(C)s1. The Hall–Kier alpha value is -1.77. The van der Waals surface area contributed by atoms with Crippen molar-refractivity contribution in [3.8, 4) is 0 Å². The van der Waals surface area contributed by atoms with E-state index in [1.807, 2.05) is 6.92 Å².